The Balaban J connectivity index is 0.000000302. The average molecular weight is 1480 g/mol. The Morgan fingerprint density at radius 3 is 1.69 bits per heavy atom. The number of carboxylic acids is 1. The van der Waals surface area contributed by atoms with Crippen LogP contribution in [0.4, 0.5) is 51.2 Å². The number of aryl methyl sites for hydroxylation is 1. The fraction of sp³-hybridized carbons (Fsp3) is 0.0455. The van der Waals surface area contributed by atoms with Gasteiger partial charge in [0.15, 0.2) is 28.6 Å². The van der Waals surface area contributed by atoms with Gasteiger partial charge in [0.05, 0.1) is 67.6 Å². The predicted molar refractivity (Wildman–Crippen MR) is 317 cm³/mol. The van der Waals surface area contributed by atoms with Crippen molar-refractivity contribution in [1.82, 2.24) is 9.78 Å². The average Bonchev–Trinajstić information content (AvgIpc) is 1.46. The molecule has 0 fully saturated rings. The predicted octanol–water partition coefficient (Wildman–Crippen LogP) is 9.54. The summed E-state index contributed by atoms with van der Waals surface area (Å²) in [5.41, 5.74) is -1.50. The van der Waals surface area contributed by atoms with Crippen LogP contribution >= 0.6 is 36.1 Å². The molecular formula is C44H34N12O31S8. The number of hydrogen-bond acceptors (Lipinski definition) is 37. The highest BCUT2D eigenvalue weighted by Crippen LogP contribution is 2.51. The van der Waals surface area contributed by atoms with Crippen molar-refractivity contribution in [3.8, 4) is 17.2 Å². The minimum atomic E-state index is -5.45. The number of carbonyl (C=O) groups is 1. The number of aromatic carboxylic acids is 1. The van der Waals surface area contributed by atoms with Crippen LogP contribution in [0.25, 0.3) is 27.2 Å². The van der Waals surface area contributed by atoms with E-state index < -0.39 is 186 Å². The molecule has 14 N–H and O–H groups in total. The number of rotatable bonds is 24. The van der Waals surface area contributed by atoms with Gasteiger partial charge >= 0.3 is 5.97 Å². The third kappa shape index (κ3) is 16.7. The first-order chi connectivity index (χ1) is 44.4. The van der Waals surface area contributed by atoms with Crippen LogP contribution in [0.15, 0.2) is 170 Å². The Bertz CT molecular complexity index is 5230. The van der Waals surface area contributed by atoms with Crippen LogP contribution in [0.1, 0.15) is 16.1 Å². The summed E-state index contributed by atoms with van der Waals surface area (Å²) in [6, 6.07) is 13.1. The van der Waals surface area contributed by atoms with Gasteiger partial charge in [-0.1, -0.05) is 15.1 Å². The maximum atomic E-state index is 12.9. The number of aromatic nitrogens is 2. The lowest BCUT2D eigenvalue weighted by Crippen LogP contribution is -2.14. The zero-order valence-electron chi connectivity index (χ0n) is 46.0. The molecule has 504 valence electrons. The lowest BCUT2D eigenvalue weighted by Gasteiger charge is -2.15. The first kappa shape index (κ1) is 73.4. The van der Waals surface area contributed by atoms with Gasteiger partial charge in [-0.15, -0.1) is 43.7 Å². The minimum absolute atomic E-state index is 0.0369. The van der Waals surface area contributed by atoms with Crippen molar-refractivity contribution in [2.45, 2.75) is 46.1 Å². The van der Waals surface area contributed by atoms with Gasteiger partial charge in [0.1, 0.15) is 48.0 Å². The van der Waals surface area contributed by atoms with E-state index in [0.717, 1.165) is 73.8 Å². The molecule has 0 saturated heterocycles. The van der Waals surface area contributed by atoms with Crippen LogP contribution in [-0.4, -0.2) is 124 Å². The normalized spacial score (nSPS) is 12.7. The molecule has 1 aromatic heterocycles. The van der Waals surface area contributed by atoms with E-state index in [0.29, 0.717) is 40.9 Å². The van der Waals surface area contributed by atoms with Crippen LogP contribution < -0.4 is 11.3 Å². The fourth-order valence-electron chi connectivity index (χ4n) is 7.99. The standard InChI is InChI=1S/C27H20N8O19S5.C17H14N4O12S3/c1-29-33-24-20(58(45,46)47)8-12-11(25(24)36)3-5-15(27(12)59(48,49)50)31-32-16-9-19(57(42,43)44)13-7-18(56-54-52-41)23(26(37)21(13)22(16)28)34-30-14-4-2-10(55-53-51-40)6-17(14)35(38)39;1-8-6-13(36(29,30)31)11(7-12(8)34-33-32-25)18-19-14-15(17(23)24)20-21(16(14)22)9-2-4-10(5-3-9)35(26,27)28/h2-9,36-37,40-41H,28H2,1H3,(H,42,43,44)(H,45,46,47)(H,48,49,50);2-7,20,25H,1H3,(H,23,24)(H,26,27,28)(H,29,30,31). The van der Waals surface area contributed by atoms with Crippen LogP contribution in [0.3, 0.4) is 0 Å². The third-order valence-electron chi connectivity index (χ3n) is 11.9. The van der Waals surface area contributed by atoms with Crippen LogP contribution in [-0.2, 0) is 78.7 Å². The molecule has 8 aromatic rings. The zero-order valence-corrected chi connectivity index (χ0v) is 52.5. The maximum Gasteiger partial charge on any atom is 0.356 e. The molecule has 0 saturated carbocycles. The Labute approximate surface area is 539 Å². The van der Waals surface area contributed by atoms with Gasteiger partial charge in [0, 0.05) is 39.1 Å². The number of nitro groups is 1. The molecule has 8 rings (SSSR count). The first-order valence-corrected chi connectivity index (χ1v) is 33.2. The molecule has 0 atom stereocenters. The number of nitrogens with zero attached hydrogens (tertiary/aromatic N) is 10. The van der Waals surface area contributed by atoms with E-state index in [-0.39, 0.29) is 33.1 Å². The molecule has 0 aliphatic rings. The third-order valence-corrected chi connectivity index (χ3v) is 18.3. The Kier molecular flexibility index (Phi) is 22.6. The van der Waals surface area contributed by atoms with Gasteiger partial charge in [-0.3, -0.25) is 42.8 Å². The molecule has 7 aromatic carbocycles. The van der Waals surface area contributed by atoms with E-state index in [1.54, 1.807) is 0 Å². The number of H-pyrrole nitrogens is 1. The SMILES string of the molecule is CN=Nc1c(S(=O)(=O)O)cc2c(S(=O)(=O)O)c(N=Nc3cc(S(=O)(=O)O)c4cc(SOOO)c(N=Nc5ccc(SOOO)cc5[N+](=O)[O-])c(O)c4c3N)ccc2c1O.Cc1cc(S(=O)(=O)O)c(N=Nc2c(C(=O)O)[nH]n(-c3ccc(S(=O)(=O)O)cc3)c2=O)cc1SOOO. The number of anilines is 1. The van der Waals surface area contributed by atoms with Crippen LogP contribution in [0, 0.1) is 17.0 Å². The van der Waals surface area contributed by atoms with Gasteiger partial charge in [0.2, 0.25) is 0 Å². The lowest BCUT2D eigenvalue weighted by molar-refractivity contribution is -0.432. The van der Waals surface area contributed by atoms with E-state index in [1.807, 2.05) is 0 Å². The second-order valence-electron chi connectivity index (χ2n) is 17.6. The smallest absolute Gasteiger partial charge is 0.356 e. The summed E-state index contributed by atoms with van der Waals surface area (Å²) in [4.78, 5) is 30.5. The summed E-state index contributed by atoms with van der Waals surface area (Å²) in [6.45, 7) is 1.43. The highest BCUT2D eigenvalue weighted by atomic mass is 32.2. The largest absolute Gasteiger partial charge is 0.505 e. The number of nitro benzene ring substituents is 1. The Morgan fingerprint density at radius 2 is 1.14 bits per heavy atom. The summed E-state index contributed by atoms with van der Waals surface area (Å²) < 4.78 is 183. The van der Waals surface area contributed by atoms with E-state index in [2.05, 4.69) is 74.1 Å². The number of phenolic OH excluding ortho intramolecular Hbond substituents is 2. The number of benzene rings is 7. The van der Waals surface area contributed by atoms with Crippen LogP contribution in [0.5, 0.6) is 11.5 Å². The van der Waals surface area contributed by atoms with Gasteiger partial charge < -0.3 is 21.1 Å². The molecule has 95 heavy (non-hydrogen) atoms. The fourth-order valence-corrected chi connectivity index (χ4v) is 12.7. The molecule has 0 aliphatic carbocycles. The van der Waals surface area contributed by atoms with Crippen molar-refractivity contribution in [2.24, 2.45) is 40.9 Å². The molecular weight excluding hydrogens is 1450 g/mol. The van der Waals surface area contributed by atoms with E-state index in [4.69, 9.17) is 26.1 Å². The van der Waals surface area contributed by atoms with E-state index in [9.17, 15) is 95.3 Å². The number of aromatic amines is 1. The number of hydrogen-bond donors (Lipinski definition) is 13. The first-order valence-electron chi connectivity index (χ1n) is 23.8. The molecule has 1 heterocycles. The molecule has 0 amide bonds. The van der Waals surface area contributed by atoms with E-state index >= 15 is 0 Å². The number of azo groups is 4. The maximum absolute atomic E-state index is 12.9. The lowest BCUT2D eigenvalue weighted by atomic mass is 10.0. The van der Waals surface area contributed by atoms with Crippen molar-refractivity contribution in [1.29, 1.82) is 0 Å². The minimum Gasteiger partial charge on any atom is -0.505 e. The number of nitrogens with one attached hydrogen (secondary N) is 1. The van der Waals surface area contributed by atoms with Gasteiger partial charge in [-0.2, -0.15) is 52.3 Å². The number of phenols is 2. The van der Waals surface area contributed by atoms with Crippen molar-refractivity contribution in [3.05, 3.63) is 117 Å². The van der Waals surface area contributed by atoms with Crippen molar-refractivity contribution < 1.29 is 134 Å². The summed E-state index contributed by atoms with van der Waals surface area (Å²) >= 11 is 0.892. The second-order valence-corrected chi connectivity index (χ2v) is 26.8. The molecule has 0 bridgehead atoms. The molecule has 0 aliphatic heterocycles. The van der Waals surface area contributed by atoms with E-state index in [1.165, 1.54) is 13.0 Å². The molecule has 43 nitrogen and oxygen atoms in total. The van der Waals surface area contributed by atoms with Gasteiger partial charge in [-0.25, -0.2) is 25.2 Å². The topological polar surface area (TPSA) is 672 Å². The summed E-state index contributed by atoms with van der Waals surface area (Å²) in [5.74, 6) is -3.72. The van der Waals surface area contributed by atoms with Crippen molar-refractivity contribution >= 4 is 165 Å². The monoisotopic (exact) mass is 1480 g/mol. The second kappa shape index (κ2) is 29.3. The van der Waals surface area contributed by atoms with Crippen molar-refractivity contribution in [3.63, 3.8) is 0 Å². The summed E-state index contributed by atoms with van der Waals surface area (Å²) in [5, 5.41) is 108. The number of aromatic hydroxyl groups is 2. The highest BCUT2D eigenvalue weighted by molar-refractivity contribution is 7.95. The van der Waals surface area contributed by atoms with Gasteiger partial charge in [0.25, 0.3) is 61.8 Å². The quantitative estimate of drug-likeness (QED) is 0.00509. The number of nitrogen functional groups attached to an aromatic ring is 1. The Hall–Kier alpha value is -9.02. The number of fused-ring (bicyclic) bond motifs is 2. The number of nitrogens with two attached hydrogens (primary N) is 1. The Morgan fingerprint density at radius 1 is 0.579 bits per heavy atom. The molecule has 0 unspecified atom stereocenters. The zero-order chi connectivity index (χ0) is 70.4. The molecule has 51 heteroatoms. The molecule has 0 spiro atoms. The summed E-state index contributed by atoms with van der Waals surface area (Å²) in [7, 11) is -24.3. The summed E-state index contributed by atoms with van der Waals surface area (Å²) in [6.07, 6.45) is 0. The van der Waals surface area contributed by atoms with Crippen LogP contribution in [0.2, 0.25) is 0 Å². The number of carboxylic acid groups (broad SMARTS) is 1. The molecule has 0 radical (unpaired) electrons. The van der Waals surface area contributed by atoms with Gasteiger partial charge in [-0.05, 0) is 91.3 Å². The van der Waals surface area contributed by atoms with Crippen molar-refractivity contribution in [2.75, 3.05) is 12.8 Å². The highest BCUT2D eigenvalue weighted by Gasteiger charge is 2.31.